The largest absolute Gasteiger partial charge is 0.495 e. The number of halogens is 7. The van der Waals surface area contributed by atoms with Crippen molar-refractivity contribution in [3.63, 3.8) is 0 Å². The van der Waals surface area contributed by atoms with Crippen molar-refractivity contribution >= 4 is 40.9 Å². The van der Waals surface area contributed by atoms with Gasteiger partial charge in [0.1, 0.15) is 11.4 Å². The Kier molecular flexibility index (Phi) is 6.96. The molecule has 31 heavy (non-hydrogen) atoms. The van der Waals surface area contributed by atoms with E-state index in [1.54, 1.807) is 6.07 Å². The summed E-state index contributed by atoms with van der Waals surface area (Å²) in [5.41, 5.74) is -0.536. The topological polar surface area (TPSA) is 32.8 Å². The van der Waals surface area contributed by atoms with Crippen LogP contribution in [0.15, 0.2) is 18.2 Å². The van der Waals surface area contributed by atoms with Crippen LogP contribution >= 0.6 is 23.2 Å². The second kappa shape index (κ2) is 9.32. The van der Waals surface area contributed by atoms with Gasteiger partial charge in [0.15, 0.2) is 23.3 Å². The monoisotopic (exact) mass is 480 g/mol. The number of benzene rings is 2. The molecule has 1 fully saturated rings. The zero-order chi connectivity index (χ0) is 22.9. The summed E-state index contributed by atoms with van der Waals surface area (Å²) < 4.78 is 73.3. The highest BCUT2D eigenvalue weighted by Crippen LogP contribution is 2.33. The molecule has 1 amide bonds. The SMILES string of the molecule is COc1c(Cl)cc(Cl)cc1/C=C/C(=O)N1CCN(c2c(F)c(F)c(F)c(F)c2F)CC1. The number of piperazine rings is 1. The van der Waals surface area contributed by atoms with Gasteiger partial charge >= 0.3 is 0 Å². The first-order valence-corrected chi connectivity index (χ1v) is 9.67. The van der Waals surface area contributed by atoms with Crippen molar-refractivity contribution < 1.29 is 31.5 Å². The van der Waals surface area contributed by atoms with Crippen LogP contribution in [-0.4, -0.2) is 44.1 Å². The van der Waals surface area contributed by atoms with E-state index in [0.717, 1.165) is 4.90 Å². The molecule has 2 aromatic rings. The van der Waals surface area contributed by atoms with Gasteiger partial charge in [0.05, 0.1) is 12.1 Å². The summed E-state index contributed by atoms with van der Waals surface area (Å²) in [6, 6.07) is 3.04. The molecule has 1 heterocycles. The molecule has 0 bridgehead atoms. The first-order chi connectivity index (χ1) is 14.6. The van der Waals surface area contributed by atoms with Gasteiger partial charge in [-0.25, -0.2) is 22.0 Å². The van der Waals surface area contributed by atoms with Crippen LogP contribution in [0.4, 0.5) is 27.6 Å². The van der Waals surface area contributed by atoms with Crippen LogP contribution in [0.3, 0.4) is 0 Å². The second-order valence-electron chi connectivity index (χ2n) is 6.57. The Bertz CT molecular complexity index is 1030. The second-order valence-corrected chi connectivity index (χ2v) is 7.42. The molecular formula is C20H15Cl2F5N2O2. The van der Waals surface area contributed by atoms with Crippen molar-refractivity contribution in [1.29, 1.82) is 0 Å². The van der Waals surface area contributed by atoms with E-state index in [9.17, 15) is 26.7 Å². The van der Waals surface area contributed by atoms with Gasteiger partial charge in [-0.05, 0) is 18.2 Å². The first-order valence-electron chi connectivity index (χ1n) is 8.92. The molecule has 1 aliphatic rings. The quantitative estimate of drug-likeness (QED) is 0.265. The van der Waals surface area contributed by atoms with Crippen LogP contribution in [-0.2, 0) is 4.79 Å². The van der Waals surface area contributed by atoms with Crippen LogP contribution in [0.2, 0.25) is 10.0 Å². The molecule has 0 unspecified atom stereocenters. The minimum Gasteiger partial charge on any atom is -0.495 e. The third kappa shape index (κ3) is 4.57. The molecule has 0 aliphatic carbocycles. The fraction of sp³-hybridized carbons (Fsp3) is 0.250. The number of ether oxygens (including phenoxy) is 1. The van der Waals surface area contributed by atoms with Gasteiger partial charge in [-0.3, -0.25) is 4.79 Å². The lowest BCUT2D eigenvalue weighted by molar-refractivity contribution is -0.126. The molecule has 0 atom stereocenters. The zero-order valence-electron chi connectivity index (χ0n) is 16.0. The van der Waals surface area contributed by atoms with E-state index < -0.39 is 40.7 Å². The maximum Gasteiger partial charge on any atom is 0.246 e. The molecule has 4 nitrogen and oxygen atoms in total. The highest BCUT2D eigenvalue weighted by molar-refractivity contribution is 6.36. The normalized spacial score (nSPS) is 14.5. The molecule has 2 aromatic carbocycles. The van der Waals surface area contributed by atoms with Crippen molar-refractivity contribution in [2.24, 2.45) is 0 Å². The molecule has 0 saturated carbocycles. The predicted molar refractivity (Wildman–Crippen MR) is 107 cm³/mol. The van der Waals surface area contributed by atoms with Crippen molar-refractivity contribution in [3.8, 4) is 5.75 Å². The van der Waals surface area contributed by atoms with Crippen molar-refractivity contribution in [2.45, 2.75) is 0 Å². The number of carbonyl (C=O) groups excluding carboxylic acids is 1. The van der Waals surface area contributed by atoms with Crippen molar-refractivity contribution in [3.05, 3.63) is 62.9 Å². The Balaban J connectivity index is 1.73. The third-order valence-electron chi connectivity index (χ3n) is 4.74. The maximum atomic E-state index is 14.0. The van der Waals surface area contributed by atoms with Gasteiger partial charge < -0.3 is 14.5 Å². The summed E-state index contributed by atoms with van der Waals surface area (Å²) in [4.78, 5) is 14.9. The summed E-state index contributed by atoms with van der Waals surface area (Å²) in [6.07, 6.45) is 2.70. The summed E-state index contributed by atoms with van der Waals surface area (Å²) in [6.45, 7) is -0.222. The number of rotatable bonds is 4. The van der Waals surface area contributed by atoms with Crippen LogP contribution in [0, 0.1) is 29.1 Å². The maximum absolute atomic E-state index is 14.0. The fourth-order valence-electron chi connectivity index (χ4n) is 3.21. The summed E-state index contributed by atoms with van der Waals surface area (Å²) >= 11 is 12.0. The van der Waals surface area contributed by atoms with E-state index >= 15 is 0 Å². The summed E-state index contributed by atoms with van der Waals surface area (Å²) in [5.74, 6) is -10.1. The number of anilines is 1. The Morgan fingerprint density at radius 2 is 1.48 bits per heavy atom. The number of nitrogens with zero attached hydrogens (tertiary/aromatic N) is 2. The number of amides is 1. The Morgan fingerprint density at radius 3 is 2.03 bits per heavy atom. The molecule has 1 aliphatic heterocycles. The van der Waals surface area contributed by atoms with Crippen molar-refractivity contribution in [2.75, 3.05) is 38.2 Å². The minimum atomic E-state index is -2.21. The molecule has 0 spiro atoms. The van der Waals surface area contributed by atoms with E-state index in [-0.39, 0.29) is 31.2 Å². The van der Waals surface area contributed by atoms with Gasteiger partial charge in [0.25, 0.3) is 0 Å². The van der Waals surface area contributed by atoms with Gasteiger partial charge in [0, 0.05) is 42.8 Å². The molecular weight excluding hydrogens is 466 g/mol. The van der Waals surface area contributed by atoms with Crippen LogP contribution in [0.25, 0.3) is 6.08 Å². The lowest BCUT2D eigenvalue weighted by Gasteiger charge is -2.36. The van der Waals surface area contributed by atoms with Crippen LogP contribution < -0.4 is 9.64 Å². The lowest BCUT2D eigenvalue weighted by Crippen LogP contribution is -2.49. The average molecular weight is 481 g/mol. The van der Waals surface area contributed by atoms with E-state index in [1.807, 2.05) is 0 Å². The fourth-order valence-corrected chi connectivity index (χ4v) is 3.79. The zero-order valence-corrected chi connectivity index (χ0v) is 17.5. The molecule has 1 saturated heterocycles. The summed E-state index contributed by atoms with van der Waals surface area (Å²) in [7, 11) is 1.41. The van der Waals surface area contributed by atoms with Crippen molar-refractivity contribution in [1.82, 2.24) is 4.90 Å². The first kappa shape index (κ1) is 23.1. The third-order valence-corrected chi connectivity index (χ3v) is 5.24. The molecule has 11 heteroatoms. The molecule has 0 radical (unpaired) electrons. The molecule has 166 valence electrons. The molecule has 3 rings (SSSR count). The Labute approximate surface area is 184 Å². The number of methoxy groups -OCH3 is 1. The summed E-state index contributed by atoms with van der Waals surface area (Å²) in [5, 5.41) is 0.604. The van der Waals surface area contributed by atoms with E-state index in [1.165, 1.54) is 30.2 Å². The highest BCUT2D eigenvalue weighted by atomic mass is 35.5. The Morgan fingerprint density at radius 1 is 0.935 bits per heavy atom. The molecule has 0 aromatic heterocycles. The van der Waals surface area contributed by atoms with Crippen LogP contribution in [0.1, 0.15) is 5.56 Å². The predicted octanol–water partition coefficient (Wildman–Crippen LogP) is 5.06. The van der Waals surface area contributed by atoms with Gasteiger partial charge in [0.2, 0.25) is 11.7 Å². The van der Waals surface area contributed by atoms with E-state index in [0.29, 0.717) is 16.3 Å². The van der Waals surface area contributed by atoms with Gasteiger partial charge in [-0.2, -0.15) is 0 Å². The van der Waals surface area contributed by atoms with E-state index in [2.05, 4.69) is 0 Å². The average Bonchev–Trinajstić information content (AvgIpc) is 2.75. The Hall–Kier alpha value is -2.52. The van der Waals surface area contributed by atoms with E-state index in [4.69, 9.17) is 27.9 Å². The standard InChI is InChI=1S/C20H15Cl2F5N2O2/c1-31-20-10(8-11(21)9-12(20)22)2-3-13(30)28-4-6-29(7-5-28)19-17(26)15(24)14(23)16(25)18(19)27/h2-3,8-9H,4-7H2,1H3/b3-2+. The van der Waals surface area contributed by atoms with Gasteiger partial charge in [-0.15, -0.1) is 0 Å². The highest BCUT2D eigenvalue weighted by Gasteiger charge is 2.31. The lowest BCUT2D eigenvalue weighted by atomic mass is 10.1. The number of hydrogen-bond donors (Lipinski definition) is 0. The number of carbonyl (C=O) groups is 1. The molecule has 0 N–H and O–H groups in total. The smallest absolute Gasteiger partial charge is 0.246 e. The van der Waals surface area contributed by atoms with Gasteiger partial charge in [-0.1, -0.05) is 23.2 Å². The number of hydrogen-bond acceptors (Lipinski definition) is 3. The van der Waals surface area contributed by atoms with Crippen LogP contribution in [0.5, 0.6) is 5.75 Å². The minimum absolute atomic E-state index is 0.0100.